The minimum Gasteiger partial charge on any atom is -0.0848 e. The number of halogens is 1. The molecule has 0 aromatic heterocycles. The average molecular weight is 285 g/mol. The normalized spacial score (nSPS) is 25.0. The minimum atomic E-state index is 0.0294. The van der Waals surface area contributed by atoms with E-state index in [9.17, 15) is 0 Å². The third kappa shape index (κ3) is 1.51. The molecular weight excluding hydrogens is 277 g/mol. The highest BCUT2D eigenvalue weighted by molar-refractivity contribution is 14.1. The van der Waals surface area contributed by atoms with Gasteiger partial charge in [0.25, 0.3) is 0 Å². The Hall–Kier alpha value is -0.740. The van der Waals surface area contributed by atoms with Gasteiger partial charge in [-0.1, -0.05) is 52.0 Å². The number of azide groups is 1. The van der Waals surface area contributed by atoms with Crippen LogP contribution in [-0.2, 0) is 6.42 Å². The molecule has 2 rings (SSSR count). The number of nitrogens with zero attached hydrogens (tertiary/aromatic N) is 3. The molecule has 0 spiro atoms. The molecule has 1 aliphatic carbocycles. The lowest BCUT2D eigenvalue weighted by Crippen LogP contribution is -2.01. The van der Waals surface area contributed by atoms with E-state index in [1.165, 1.54) is 11.1 Å². The molecular formula is C9H8IN3. The Labute approximate surface area is 89.9 Å². The Morgan fingerprint density at radius 1 is 1.46 bits per heavy atom. The summed E-state index contributed by atoms with van der Waals surface area (Å²) in [7, 11) is 0. The van der Waals surface area contributed by atoms with Crippen LogP contribution in [-0.4, -0.2) is 3.92 Å². The first-order chi connectivity index (χ1) is 6.33. The lowest BCUT2D eigenvalue weighted by molar-refractivity contribution is 0.747. The Morgan fingerprint density at radius 2 is 2.23 bits per heavy atom. The summed E-state index contributed by atoms with van der Waals surface area (Å²) in [6.07, 6.45) is 1.01. The second-order valence-electron chi connectivity index (χ2n) is 3.07. The van der Waals surface area contributed by atoms with Gasteiger partial charge in [-0.05, 0) is 23.1 Å². The molecule has 0 N–H and O–H groups in total. The van der Waals surface area contributed by atoms with Crippen LogP contribution in [0.25, 0.3) is 10.4 Å². The standard InChI is InChI=1S/C9H8IN3/c10-8-5-6-3-1-2-4-7(6)9(8)12-13-11/h1-4,8-9H,5H2/t8-,9-/m0/s1. The van der Waals surface area contributed by atoms with Crippen molar-refractivity contribution in [2.75, 3.05) is 0 Å². The van der Waals surface area contributed by atoms with E-state index in [0.717, 1.165) is 6.42 Å². The Morgan fingerprint density at radius 3 is 3.00 bits per heavy atom. The lowest BCUT2D eigenvalue weighted by atomic mass is 10.1. The SMILES string of the molecule is [N-]=[N+]=N[C@H]1c2ccccc2C[C@@H]1I. The van der Waals surface area contributed by atoms with Gasteiger partial charge in [0.15, 0.2) is 0 Å². The van der Waals surface area contributed by atoms with Crippen LogP contribution < -0.4 is 0 Å². The van der Waals surface area contributed by atoms with E-state index in [-0.39, 0.29) is 6.04 Å². The Balaban J connectivity index is 2.46. The van der Waals surface area contributed by atoms with Gasteiger partial charge >= 0.3 is 0 Å². The highest BCUT2D eigenvalue weighted by atomic mass is 127. The topological polar surface area (TPSA) is 48.8 Å². The number of fused-ring (bicyclic) bond motifs is 1. The van der Waals surface area contributed by atoms with E-state index in [4.69, 9.17) is 5.53 Å². The van der Waals surface area contributed by atoms with Crippen molar-refractivity contribution in [1.29, 1.82) is 0 Å². The molecule has 0 saturated heterocycles. The summed E-state index contributed by atoms with van der Waals surface area (Å²) >= 11 is 2.35. The second kappa shape index (κ2) is 3.55. The summed E-state index contributed by atoms with van der Waals surface area (Å²) in [5.74, 6) is 0. The van der Waals surface area contributed by atoms with Crippen LogP contribution in [0.15, 0.2) is 29.4 Å². The van der Waals surface area contributed by atoms with Crippen LogP contribution in [0, 0.1) is 0 Å². The van der Waals surface area contributed by atoms with Gasteiger partial charge in [-0.15, -0.1) is 0 Å². The van der Waals surface area contributed by atoms with Crippen LogP contribution >= 0.6 is 22.6 Å². The first-order valence-corrected chi connectivity index (χ1v) is 5.33. The molecule has 0 unspecified atom stereocenters. The molecule has 0 heterocycles. The van der Waals surface area contributed by atoms with Crippen molar-refractivity contribution < 1.29 is 0 Å². The molecule has 2 atom stereocenters. The van der Waals surface area contributed by atoms with E-state index in [2.05, 4.69) is 38.7 Å². The van der Waals surface area contributed by atoms with Crippen molar-refractivity contribution in [2.45, 2.75) is 16.4 Å². The van der Waals surface area contributed by atoms with Crippen molar-refractivity contribution in [3.05, 3.63) is 45.8 Å². The molecule has 0 saturated carbocycles. The quantitative estimate of drug-likeness (QED) is 0.250. The highest BCUT2D eigenvalue weighted by Crippen LogP contribution is 2.38. The number of hydrogen-bond acceptors (Lipinski definition) is 1. The fourth-order valence-electron chi connectivity index (χ4n) is 1.72. The monoisotopic (exact) mass is 285 g/mol. The van der Waals surface area contributed by atoms with Crippen LogP contribution in [0.5, 0.6) is 0 Å². The van der Waals surface area contributed by atoms with Gasteiger partial charge in [0.2, 0.25) is 0 Å². The summed E-state index contributed by atoms with van der Waals surface area (Å²) in [5, 5.41) is 3.82. The number of hydrogen-bond donors (Lipinski definition) is 0. The van der Waals surface area contributed by atoms with Crippen molar-refractivity contribution in [3.63, 3.8) is 0 Å². The van der Waals surface area contributed by atoms with Gasteiger partial charge in [-0.2, -0.15) is 0 Å². The van der Waals surface area contributed by atoms with Gasteiger partial charge < -0.3 is 0 Å². The summed E-state index contributed by atoms with van der Waals surface area (Å²) in [5.41, 5.74) is 10.9. The molecule has 13 heavy (non-hydrogen) atoms. The predicted octanol–water partition coefficient (Wildman–Crippen LogP) is 3.40. The van der Waals surface area contributed by atoms with E-state index in [0.29, 0.717) is 3.92 Å². The van der Waals surface area contributed by atoms with Crippen molar-refractivity contribution in [3.8, 4) is 0 Å². The first-order valence-electron chi connectivity index (χ1n) is 4.09. The Bertz CT molecular complexity index is 371. The maximum Gasteiger partial charge on any atom is 0.0748 e. The fraction of sp³-hybridized carbons (Fsp3) is 0.333. The molecule has 1 aromatic rings. The summed E-state index contributed by atoms with van der Waals surface area (Å²) in [6.45, 7) is 0. The maximum absolute atomic E-state index is 8.43. The highest BCUT2D eigenvalue weighted by Gasteiger charge is 2.28. The van der Waals surface area contributed by atoms with E-state index in [1.54, 1.807) is 0 Å². The predicted molar refractivity (Wildman–Crippen MR) is 59.8 cm³/mol. The third-order valence-corrected chi connectivity index (χ3v) is 3.43. The smallest absolute Gasteiger partial charge is 0.0748 e. The van der Waals surface area contributed by atoms with Gasteiger partial charge in [0.1, 0.15) is 0 Å². The van der Waals surface area contributed by atoms with E-state index in [1.807, 2.05) is 18.2 Å². The molecule has 0 fully saturated rings. The average Bonchev–Trinajstić information content (AvgIpc) is 2.44. The van der Waals surface area contributed by atoms with Crippen molar-refractivity contribution >= 4 is 22.6 Å². The minimum absolute atomic E-state index is 0.0294. The lowest BCUT2D eigenvalue weighted by Gasteiger charge is -2.06. The van der Waals surface area contributed by atoms with Gasteiger partial charge in [0, 0.05) is 8.84 Å². The maximum atomic E-state index is 8.43. The molecule has 3 nitrogen and oxygen atoms in total. The van der Waals surface area contributed by atoms with Crippen molar-refractivity contribution in [2.24, 2.45) is 5.11 Å². The van der Waals surface area contributed by atoms with Gasteiger partial charge in [-0.3, -0.25) is 0 Å². The number of alkyl halides is 1. The second-order valence-corrected chi connectivity index (χ2v) is 4.67. The van der Waals surface area contributed by atoms with Gasteiger partial charge in [-0.25, -0.2) is 0 Å². The molecule has 0 aliphatic heterocycles. The molecule has 1 aromatic carbocycles. The molecule has 4 heteroatoms. The Kier molecular flexibility index (Phi) is 2.42. The van der Waals surface area contributed by atoms with Crippen molar-refractivity contribution in [1.82, 2.24) is 0 Å². The zero-order chi connectivity index (χ0) is 9.26. The van der Waals surface area contributed by atoms with Crippen LogP contribution in [0.1, 0.15) is 17.2 Å². The third-order valence-electron chi connectivity index (χ3n) is 2.31. The van der Waals surface area contributed by atoms with Crippen LogP contribution in [0.3, 0.4) is 0 Å². The first kappa shape index (κ1) is 8.84. The molecule has 0 amide bonds. The number of rotatable bonds is 1. The van der Waals surface area contributed by atoms with E-state index >= 15 is 0 Å². The molecule has 0 bridgehead atoms. The van der Waals surface area contributed by atoms with E-state index < -0.39 is 0 Å². The molecule has 0 radical (unpaired) electrons. The molecule has 1 aliphatic rings. The van der Waals surface area contributed by atoms with Crippen LogP contribution in [0.4, 0.5) is 0 Å². The van der Waals surface area contributed by atoms with Crippen LogP contribution in [0.2, 0.25) is 0 Å². The zero-order valence-electron chi connectivity index (χ0n) is 6.89. The fourth-order valence-corrected chi connectivity index (χ4v) is 2.72. The summed E-state index contributed by atoms with van der Waals surface area (Å²) in [6, 6.07) is 8.21. The summed E-state index contributed by atoms with van der Waals surface area (Å²) < 4.78 is 0.408. The van der Waals surface area contributed by atoms with Gasteiger partial charge in [0.05, 0.1) is 6.04 Å². The summed E-state index contributed by atoms with van der Waals surface area (Å²) in [4.78, 5) is 2.89. The molecule has 66 valence electrons. The number of benzene rings is 1. The largest absolute Gasteiger partial charge is 0.0848 e. The zero-order valence-corrected chi connectivity index (χ0v) is 9.05.